The van der Waals surface area contributed by atoms with E-state index in [0.29, 0.717) is 21.6 Å². The quantitative estimate of drug-likeness (QED) is 0.738. The van der Waals surface area contributed by atoms with Crippen LogP contribution in [0.2, 0.25) is 5.02 Å². The molecule has 0 aliphatic heterocycles. The van der Waals surface area contributed by atoms with Crippen molar-refractivity contribution in [1.29, 1.82) is 0 Å². The average Bonchev–Trinajstić information content (AvgIpc) is 2.88. The number of rotatable bonds is 2. The van der Waals surface area contributed by atoms with Gasteiger partial charge < -0.3 is 14.1 Å². The number of fused-ring (bicyclic) bond motifs is 3. The Morgan fingerprint density at radius 3 is 3.00 bits per heavy atom. The fourth-order valence-corrected chi connectivity index (χ4v) is 2.43. The van der Waals surface area contributed by atoms with Crippen LogP contribution >= 0.6 is 11.6 Å². The summed E-state index contributed by atoms with van der Waals surface area (Å²) in [6, 6.07) is 4.93. The molecule has 0 amide bonds. The fraction of sp³-hybridized carbons (Fsp3) is 0.143. The molecule has 102 valence electrons. The number of pyridine rings is 1. The van der Waals surface area contributed by atoms with Gasteiger partial charge in [-0.05, 0) is 25.1 Å². The van der Waals surface area contributed by atoms with Crippen molar-refractivity contribution in [2.24, 2.45) is 0 Å². The third-order valence-corrected chi connectivity index (χ3v) is 3.33. The van der Waals surface area contributed by atoms with Gasteiger partial charge in [-0.15, -0.1) is 0 Å². The summed E-state index contributed by atoms with van der Waals surface area (Å²) < 4.78 is 6.68. The third-order valence-electron chi connectivity index (χ3n) is 3.09. The molecule has 2 aromatic heterocycles. The number of H-pyrrole nitrogens is 1. The van der Waals surface area contributed by atoms with Crippen LogP contribution in [0.15, 0.2) is 35.4 Å². The van der Waals surface area contributed by atoms with Crippen LogP contribution in [-0.2, 0) is 4.74 Å². The number of hydrogen-bond acceptors (Lipinski definition) is 3. The highest BCUT2D eigenvalue weighted by Gasteiger charge is 2.20. The number of aromatic amines is 1. The molecule has 0 bridgehead atoms. The van der Waals surface area contributed by atoms with E-state index in [1.54, 1.807) is 41.9 Å². The van der Waals surface area contributed by atoms with Gasteiger partial charge in [-0.2, -0.15) is 0 Å². The van der Waals surface area contributed by atoms with E-state index in [0.717, 1.165) is 0 Å². The van der Waals surface area contributed by atoms with Gasteiger partial charge in [-0.25, -0.2) is 4.79 Å². The first-order valence-corrected chi connectivity index (χ1v) is 6.49. The number of carbonyl (C=O) groups is 1. The largest absolute Gasteiger partial charge is 0.462 e. The second kappa shape index (κ2) is 4.68. The lowest BCUT2D eigenvalue weighted by molar-refractivity contribution is 0.0527. The molecule has 0 saturated heterocycles. The molecule has 0 aliphatic rings. The number of aromatic nitrogens is 2. The summed E-state index contributed by atoms with van der Waals surface area (Å²) in [4.78, 5) is 27.4. The van der Waals surface area contributed by atoms with Crippen molar-refractivity contribution in [3.05, 3.63) is 51.4 Å². The number of esters is 1. The normalized spacial score (nSPS) is 11.1. The van der Waals surface area contributed by atoms with Gasteiger partial charge in [-0.3, -0.25) is 4.79 Å². The van der Waals surface area contributed by atoms with E-state index < -0.39 is 5.97 Å². The summed E-state index contributed by atoms with van der Waals surface area (Å²) in [7, 11) is 0. The molecular weight excluding hydrogens is 280 g/mol. The molecule has 0 spiro atoms. The zero-order valence-electron chi connectivity index (χ0n) is 10.6. The highest BCUT2D eigenvalue weighted by molar-refractivity contribution is 6.31. The molecule has 5 nitrogen and oxygen atoms in total. The molecule has 0 radical (unpaired) electrons. The number of benzene rings is 1. The Balaban J connectivity index is 2.48. The zero-order chi connectivity index (χ0) is 14.3. The molecule has 0 unspecified atom stereocenters. The molecule has 0 aliphatic carbocycles. The van der Waals surface area contributed by atoms with Crippen molar-refractivity contribution in [2.45, 2.75) is 6.92 Å². The monoisotopic (exact) mass is 290 g/mol. The van der Waals surface area contributed by atoms with E-state index in [-0.39, 0.29) is 17.6 Å². The molecule has 0 atom stereocenters. The molecule has 20 heavy (non-hydrogen) atoms. The van der Waals surface area contributed by atoms with Crippen molar-refractivity contribution < 1.29 is 9.53 Å². The predicted molar refractivity (Wildman–Crippen MR) is 76.5 cm³/mol. The van der Waals surface area contributed by atoms with Gasteiger partial charge in [0.15, 0.2) is 0 Å². The lowest BCUT2D eigenvalue weighted by Gasteiger charge is -2.07. The molecular formula is C14H11ClN2O3. The third kappa shape index (κ3) is 1.78. The molecule has 3 aromatic rings. The molecule has 1 aromatic carbocycles. The molecule has 0 saturated carbocycles. The van der Waals surface area contributed by atoms with Crippen LogP contribution in [0.4, 0.5) is 0 Å². The molecule has 1 N–H and O–H groups in total. The van der Waals surface area contributed by atoms with Crippen LogP contribution in [0.3, 0.4) is 0 Å². The van der Waals surface area contributed by atoms with Gasteiger partial charge in [0, 0.05) is 22.8 Å². The summed E-state index contributed by atoms with van der Waals surface area (Å²) in [5.41, 5.74) is 0.694. The lowest BCUT2D eigenvalue weighted by atomic mass is 10.1. The van der Waals surface area contributed by atoms with Crippen LogP contribution in [0.5, 0.6) is 0 Å². The molecule has 3 rings (SSSR count). The van der Waals surface area contributed by atoms with Crippen LogP contribution < -0.4 is 5.43 Å². The maximum absolute atomic E-state index is 12.5. The molecule has 2 heterocycles. The van der Waals surface area contributed by atoms with Gasteiger partial charge in [0.05, 0.1) is 12.1 Å². The van der Waals surface area contributed by atoms with Gasteiger partial charge in [0.2, 0.25) is 5.43 Å². The molecule has 6 heteroatoms. The van der Waals surface area contributed by atoms with Gasteiger partial charge in [-0.1, -0.05) is 11.6 Å². The smallest absolute Gasteiger partial charge is 0.345 e. The number of imidazole rings is 1. The number of nitrogens with one attached hydrogen (secondary N) is 1. The van der Waals surface area contributed by atoms with Gasteiger partial charge >= 0.3 is 5.97 Å². The van der Waals surface area contributed by atoms with Crippen LogP contribution in [-0.4, -0.2) is 22.0 Å². The Bertz CT molecular complexity index is 879. The van der Waals surface area contributed by atoms with E-state index >= 15 is 0 Å². The van der Waals surface area contributed by atoms with Crippen molar-refractivity contribution in [2.75, 3.05) is 6.61 Å². The second-order valence-corrected chi connectivity index (χ2v) is 4.70. The summed E-state index contributed by atoms with van der Waals surface area (Å²) >= 11 is 5.97. The van der Waals surface area contributed by atoms with Crippen LogP contribution in [0.25, 0.3) is 16.6 Å². The van der Waals surface area contributed by atoms with E-state index in [1.165, 1.54) is 0 Å². The van der Waals surface area contributed by atoms with E-state index in [9.17, 15) is 9.59 Å². The number of nitrogens with zero attached hydrogens (tertiary/aromatic N) is 1. The highest BCUT2D eigenvalue weighted by atomic mass is 35.5. The fourth-order valence-electron chi connectivity index (χ4n) is 2.26. The Kier molecular flexibility index (Phi) is 2.99. The Hall–Kier alpha value is -2.27. The van der Waals surface area contributed by atoms with E-state index in [1.807, 2.05) is 0 Å². The molecule has 0 fully saturated rings. The first-order valence-electron chi connectivity index (χ1n) is 6.11. The average molecular weight is 291 g/mol. The zero-order valence-corrected chi connectivity index (χ0v) is 11.4. The summed E-state index contributed by atoms with van der Waals surface area (Å²) in [5, 5.41) is 0.949. The number of ether oxygens (including phenoxy) is 1. The SMILES string of the molecule is CCOC(=O)c1c(=O)c2ccc(Cl)cc2n2cc[nH]c12. The summed E-state index contributed by atoms with van der Waals surface area (Å²) in [5.74, 6) is -0.630. The van der Waals surface area contributed by atoms with Crippen molar-refractivity contribution in [3.8, 4) is 0 Å². The minimum Gasteiger partial charge on any atom is -0.462 e. The van der Waals surface area contributed by atoms with Crippen molar-refractivity contribution >= 4 is 34.1 Å². The standard InChI is InChI=1S/C14H11ClN2O3/c1-2-20-14(19)11-12(18)9-4-3-8(15)7-10(9)17-6-5-16-13(11)17/h3-7,16H,2H2,1H3. The summed E-state index contributed by atoms with van der Waals surface area (Å²) in [6.07, 6.45) is 3.38. The van der Waals surface area contributed by atoms with Crippen LogP contribution in [0.1, 0.15) is 17.3 Å². The first kappa shape index (κ1) is 12.7. The number of hydrogen-bond donors (Lipinski definition) is 1. The van der Waals surface area contributed by atoms with Crippen LogP contribution in [0, 0.1) is 0 Å². The minimum absolute atomic E-state index is 0.00618. The van der Waals surface area contributed by atoms with Crippen molar-refractivity contribution in [1.82, 2.24) is 9.38 Å². The Morgan fingerprint density at radius 2 is 2.25 bits per heavy atom. The van der Waals surface area contributed by atoms with Crippen molar-refractivity contribution in [3.63, 3.8) is 0 Å². The second-order valence-electron chi connectivity index (χ2n) is 4.26. The first-order chi connectivity index (χ1) is 9.63. The maximum atomic E-state index is 12.5. The Morgan fingerprint density at radius 1 is 1.45 bits per heavy atom. The van der Waals surface area contributed by atoms with E-state index in [2.05, 4.69) is 4.98 Å². The highest BCUT2D eigenvalue weighted by Crippen LogP contribution is 2.20. The topological polar surface area (TPSA) is 63.6 Å². The minimum atomic E-state index is -0.630. The summed E-state index contributed by atoms with van der Waals surface area (Å²) in [6.45, 7) is 1.91. The van der Waals surface area contributed by atoms with E-state index in [4.69, 9.17) is 16.3 Å². The maximum Gasteiger partial charge on any atom is 0.345 e. The predicted octanol–water partition coefficient (Wildman–Crippen LogP) is 2.61. The lowest BCUT2D eigenvalue weighted by Crippen LogP contribution is -2.20. The number of halogens is 1. The Labute approximate surface area is 118 Å². The van der Waals surface area contributed by atoms with Gasteiger partial charge in [0.1, 0.15) is 11.2 Å². The number of carbonyl (C=O) groups excluding carboxylic acids is 1. The van der Waals surface area contributed by atoms with Gasteiger partial charge in [0.25, 0.3) is 0 Å².